The quantitative estimate of drug-likeness (QED) is 0.612. The van der Waals surface area contributed by atoms with Crippen molar-refractivity contribution in [1.29, 1.82) is 0 Å². The van der Waals surface area contributed by atoms with Gasteiger partial charge >= 0.3 is 0 Å². The number of anilines is 1. The van der Waals surface area contributed by atoms with Crippen molar-refractivity contribution < 1.29 is 26.4 Å². The number of piperidine rings is 1. The molecule has 1 aromatic rings. The molecule has 3 rings (SSSR count). The molecule has 1 N–H and O–H groups in total. The lowest BCUT2D eigenvalue weighted by Crippen LogP contribution is -2.35. The maximum atomic E-state index is 13.2. The van der Waals surface area contributed by atoms with Gasteiger partial charge in [-0.2, -0.15) is 4.31 Å². The maximum absolute atomic E-state index is 13.2. The van der Waals surface area contributed by atoms with Gasteiger partial charge in [0, 0.05) is 24.0 Å². The lowest BCUT2D eigenvalue weighted by atomic mass is 10.2. The molecule has 30 heavy (non-hydrogen) atoms. The second kappa shape index (κ2) is 9.88. The van der Waals surface area contributed by atoms with Crippen molar-refractivity contribution in [2.75, 3.05) is 42.3 Å². The van der Waals surface area contributed by atoms with E-state index in [4.69, 9.17) is 4.74 Å². The molecule has 1 unspecified atom stereocenters. The highest BCUT2D eigenvalue weighted by Crippen LogP contribution is 2.32. The summed E-state index contributed by atoms with van der Waals surface area (Å²) in [6, 6.07) is 4.62. The lowest BCUT2D eigenvalue weighted by molar-refractivity contribution is -0.113. The summed E-state index contributed by atoms with van der Waals surface area (Å²) in [7, 11) is -6.71. The largest absolute Gasteiger partial charge is 0.492 e. The molecule has 1 amide bonds. The highest BCUT2D eigenvalue weighted by Gasteiger charge is 2.30. The van der Waals surface area contributed by atoms with Crippen molar-refractivity contribution in [2.45, 2.75) is 42.8 Å². The Balaban J connectivity index is 1.71. The standard InChI is InChI=1S/C19H28N2O6S3/c1-2-27-17-7-6-15(12-18(17)30(25,26)21-9-4-3-5-10-21)20-19(22)13-28-16-8-11-29(23,24)14-16/h6-7,12,16H,2-5,8-11,13-14H2,1H3,(H,20,22). The van der Waals surface area contributed by atoms with E-state index in [1.165, 1.54) is 22.1 Å². The van der Waals surface area contributed by atoms with Gasteiger partial charge in [-0.15, -0.1) is 11.8 Å². The fourth-order valence-corrected chi connectivity index (χ4v) is 8.71. The van der Waals surface area contributed by atoms with Gasteiger partial charge in [-0.25, -0.2) is 16.8 Å². The van der Waals surface area contributed by atoms with Gasteiger partial charge in [0.1, 0.15) is 10.6 Å². The summed E-state index contributed by atoms with van der Waals surface area (Å²) in [5.41, 5.74) is 0.374. The predicted octanol–water partition coefficient (Wildman–Crippen LogP) is 2.12. The minimum atomic E-state index is -3.73. The molecular formula is C19H28N2O6S3. The Morgan fingerprint density at radius 2 is 2.00 bits per heavy atom. The van der Waals surface area contributed by atoms with Gasteiger partial charge in [-0.05, 0) is 44.4 Å². The molecule has 0 spiro atoms. The van der Waals surface area contributed by atoms with Gasteiger partial charge in [0.25, 0.3) is 0 Å². The lowest BCUT2D eigenvalue weighted by Gasteiger charge is -2.27. The molecule has 2 aliphatic heterocycles. The Hall–Kier alpha value is -1.30. The third-order valence-electron chi connectivity index (χ3n) is 5.10. The Labute approximate surface area is 182 Å². The average molecular weight is 477 g/mol. The molecule has 8 nitrogen and oxygen atoms in total. The van der Waals surface area contributed by atoms with E-state index < -0.39 is 19.9 Å². The number of sulfonamides is 1. The van der Waals surface area contributed by atoms with Gasteiger partial charge in [-0.3, -0.25) is 4.79 Å². The van der Waals surface area contributed by atoms with Gasteiger partial charge in [0.05, 0.1) is 23.9 Å². The van der Waals surface area contributed by atoms with Crippen LogP contribution in [0.5, 0.6) is 5.75 Å². The molecule has 1 aromatic carbocycles. The molecule has 11 heteroatoms. The van der Waals surface area contributed by atoms with Crippen LogP contribution >= 0.6 is 11.8 Å². The number of hydrogen-bond acceptors (Lipinski definition) is 7. The number of thioether (sulfide) groups is 1. The summed E-state index contributed by atoms with van der Waals surface area (Å²) in [5, 5.41) is 2.65. The van der Waals surface area contributed by atoms with Crippen LogP contribution in [0.2, 0.25) is 0 Å². The molecule has 0 aromatic heterocycles. The van der Waals surface area contributed by atoms with E-state index >= 15 is 0 Å². The summed E-state index contributed by atoms with van der Waals surface area (Å²) < 4.78 is 56.4. The minimum absolute atomic E-state index is 0.0542. The molecule has 2 aliphatic rings. The Bertz CT molecular complexity index is 972. The Kier molecular flexibility index (Phi) is 7.70. The second-order valence-corrected chi connectivity index (χ2v) is 12.9. The third kappa shape index (κ3) is 5.89. The van der Waals surface area contributed by atoms with Crippen LogP contribution in [-0.2, 0) is 24.7 Å². The molecular weight excluding hydrogens is 448 g/mol. The zero-order valence-electron chi connectivity index (χ0n) is 17.0. The van der Waals surface area contributed by atoms with E-state index in [1.54, 1.807) is 19.1 Å². The molecule has 0 bridgehead atoms. The maximum Gasteiger partial charge on any atom is 0.246 e. The third-order valence-corrected chi connectivity index (χ3v) is 10.3. The summed E-state index contributed by atoms with van der Waals surface area (Å²) in [6.07, 6.45) is 3.23. The van der Waals surface area contributed by atoms with Crippen LogP contribution < -0.4 is 10.1 Å². The number of carbonyl (C=O) groups is 1. The zero-order chi connectivity index (χ0) is 21.8. The van der Waals surface area contributed by atoms with Gasteiger partial charge < -0.3 is 10.1 Å². The summed E-state index contributed by atoms with van der Waals surface area (Å²) in [4.78, 5) is 12.4. The summed E-state index contributed by atoms with van der Waals surface area (Å²) in [5.74, 6) is 0.359. The number of rotatable bonds is 8. The van der Waals surface area contributed by atoms with E-state index in [1.807, 2.05) is 0 Å². The number of carbonyl (C=O) groups excluding carboxylic acids is 1. The SMILES string of the molecule is CCOc1ccc(NC(=O)CSC2CCS(=O)(=O)C2)cc1S(=O)(=O)N1CCCCC1. The van der Waals surface area contributed by atoms with Gasteiger partial charge in [0.15, 0.2) is 9.84 Å². The van der Waals surface area contributed by atoms with Gasteiger partial charge in [0.2, 0.25) is 15.9 Å². The van der Waals surface area contributed by atoms with Crippen LogP contribution in [0.1, 0.15) is 32.6 Å². The number of ether oxygens (including phenoxy) is 1. The average Bonchev–Trinajstić information content (AvgIpc) is 3.07. The van der Waals surface area contributed by atoms with Crippen molar-refractivity contribution in [2.24, 2.45) is 0 Å². The van der Waals surface area contributed by atoms with E-state index in [0.717, 1.165) is 19.3 Å². The first-order valence-corrected chi connectivity index (χ1v) is 14.4. The van der Waals surface area contributed by atoms with Crippen molar-refractivity contribution in [3.63, 3.8) is 0 Å². The van der Waals surface area contributed by atoms with Crippen molar-refractivity contribution in [3.05, 3.63) is 18.2 Å². The van der Waals surface area contributed by atoms with Gasteiger partial charge in [-0.1, -0.05) is 6.42 Å². The van der Waals surface area contributed by atoms with Crippen LogP contribution in [0.15, 0.2) is 23.1 Å². The Morgan fingerprint density at radius 1 is 1.27 bits per heavy atom. The Morgan fingerprint density at radius 3 is 2.63 bits per heavy atom. The fourth-order valence-electron chi connectivity index (χ4n) is 3.59. The number of nitrogens with one attached hydrogen (secondary N) is 1. The molecule has 2 heterocycles. The van der Waals surface area contributed by atoms with Crippen molar-refractivity contribution in [1.82, 2.24) is 4.31 Å². The summed E-state index contributed by atoms with van der Waals surface area (Å²) >= 11 is 1.32. The van der Waals surface area contributed by atoms with E-state index in [0.29, 0.717) is 31.8 Å². The molecule has 0 saturated carbocycles. The molecule has 0 radical (unpaired) electrons. The van der Waals surface area contributed by atoms with E-state index in [9.17, 15) is 21.6 Å². The molecule has 2 fully saturated rings. The van der Waals surface area contributed by atoms with Crippen LogP contribution in [0.3, 0.4) is 0 Å². The first-order chi connectivity index (χ1) is 14.2. The fraction of sp³-hybridized carbons (Fsp3) is 0.632. The van der Waals surface area contributed by atoms with Crippen molar-refractivity contribution >= 4 is 43.2 Å². The van der Waals surface area contributed by atoms with E-state index in [2.05, 4.69) is 5.32 Å². The first kappa shape index (κ1) is 23.4. The van der Waals surface area contributed by atoms with E-state index in [-0.39, 0.29) is 39.1 Å². The second-order valence-electron chi connectivity index (χ2n) is 7.44. The topological polar surface area (TPSA) is 110 Å². The highest BCUT2D eigenvalue weighted by molar-refractivity contribution is 8.02. The molecule has 1 atom stereocenters. The monoisotopic (exact) mass is 476 g/mol. The first-order valence-electron chi connectivity index (χ1n) is 10.1. The van der Waals surface area contributed by atoms with Crippen LogP contribution in [0, 0.1) is 0 Å². The number of benzene rings is 1. The minimum Gasteiger partial charge on any atom is -0.492 e. The molecule has 168 valence electrons. The normalized spacial score (nSPS) is 22.0. The summed E-state index contributed by atoms with van der Waals surface area (Å²) in [6.45, 7) is 3.07. The van der Waals surface area contributed by atoms with Crippen LogP contribution in [0.4, 0.5) is 5.69 Å². The highest BCUT2D eigenvalue weighted by atomic mass is 32.2. The number of hydrogen-bond donors (Lipinski definition) is 1. The molecule has 0 aliphatic carbocycles. The molecule has 2 saturated heterocycles. The van der Waals surface area contributed by atoms with Crippen molar-refractivity contribution in [3.8, 4) is 5.75 Å². The van der Waals surface area contributed by atoms with Crippen LogP contribution in [-0.4, -0.2) is 69.3 Å². The smallest absolute Gasteiger partial charge is 0.246 e. The predicted molar refractivity (Wildman–Crippen MR) is 118 cm³/mol. The number of nitrogens with zero attached hydrogens (tertiary/aromatic N) is 1. The number of amides is 1. The number of sulfone groups is 1. The van der Waals surface area contributed by atoms with Crippen LogP contribution in [0.25, 0.3) is 0 Å². The zero-order valence-corrected chi connectivity index (χ0v) is 19.5.